The molecule has 0 spiro atoms. The Morgan fingerprint density at radius 1 is 0.941 bits per heavy atom. The third-order valence-electron chi connectivity index (χ3n) is 6.25. The topological polar surface area (TPSA) is 88.3 Å². The predicted molar refractivity (Wildman–Crippen MR) is 133 cm³/mol. The summed E-state index contributed by atoms with van der Waals surface area (Å²) in [4.78, 5) is 11.6. The second-order valence-electron chi connectivity index (χ2n) is 8.54. The highest BCUT2D eigenvalue weighted by Gasteiger charge is 2.22. The van der Waals surface area contributed by atoms with Crippen molar-refractivity contribution in [2.24, 2.45) is 5.92 Å². The summed E-state index contributed by atoms with van der Waals surface area (Å²) in [7, 11) is 0. The van der Waals surface area contributed by atoms with E-state index in [4.69, 9.17) is 4.42 Å². The van der Waals surface area contributed by atoms with E-state index in [1.54, 1.807) is 0 Å². The summed E-state index contributed by atoms with van der Waals surface area (Å²) in [5, 5.41) is 21.3. The van der Waals surface area contributed by atoms with Crippen LogP contribution in [0, 0.1) is 12.8 Å². The number of aromatic nitrogens is 2. The summed E-state index contributed by atoms with van der Waals surface area (Å²) in [6.07, 6.45) is 0.791. The predicted octanol–water partition coefficient (Wildman–Crippen LogP) is 5.97. The van der Waals surface area contributed by atoms with Crippen LogP contribution in [0.25, 0.3) is 34.0 Å². The maximum absolute atomic E-state index is 11.6. The summed E-state index contributed by atoms with van der Waals surface area (Å²) in [6.45, 7) is 6.43. The number of hydrogen-bond acceptors (Lipinski definition) is 5. The van der Waals surface area contributed by atoms with Crippen molar-refractivity contribution in [2.75, 3.05) is 0 Å². The minimum atomic E-state index is -0.833. The van der Waals surface area contributed by atoms with E-state index in [1.807, 2.05) is 68.4 Å². The van der Waals surface area contributed by atoms with Gasteiger partial charge in [-0.15, -0.1) is 10.2 Å². The normalized spacial score (nSPS) is 12.9. The van der Waals surface area contributed by atoms with Crippen molar-refractivity contribution < 1.29 is 14.3 Å². The second-order valence-corrected chi connectivity index (χ2v) is 8.54. The average Bonchev–Trinajstić information content (AvgIpc) is 3.35. The molecule has 4 rings (SSSR count). The molecule has 0 aliphatic carbocycles. The fourth-order valence-corrected chi connectivity index (χ4v) is 4.06. The molecule has 174 valence electrons. The van der Waals surface area contributed by atoms with Gasteiger partial charge in [0.25, 0.3) is 0 Å². The zero-order chi connectivity index (χ0) is 24.1. The molecule has 6 nitrogen and oxygen atoms in total. The summed E-state index contributed by atoms with van der Waals surface area (Å²) in [5.74, 6) is 0.101. The van der Waals surface area contributed by atoms with Crippen molar-refractivity contribution in [3.63, 3.8) is 0 Å². The van der Waals surface area contributed by atoms with Gasteiger partial charge in [0.05, 0.1) is 0 Å². The lowest BCUT2D eigenvalue weighted by Gasteiger charge is -2.20. The number of rotatable bonds is 9. The molecule has 6 heteroatoms. The van der Waals surface area contributed by atoms with Gasteiger partial charge in [-0.1, -0.05) is 74.9 Å². The van der Waals surface area contributed by atoms with Gasteiger partial charge in [-0.2, -0.15) is 0 Å². The molecule has 2 atom stereocenters. The molecule has 0 saturated carbocycles. The maximum Gasteiger partial charge on any atom is 0.320 e. The average molecular weight is 456 g/mol. The van der Waals surface area contributed by atoms with Gasteiger partial charge in [-0.25, -0.2) is 0 Å². The minimum absolute atomic E-state index is 0.0362. The van der Waals surface area contributed by atoms with E-state index < -0.39 is 12.0 Å². The Morgan fingerprint density at radius 2 is 1.62 bits per heavy atom. The largest absolute Gasteiger partial charge is 0.480 e. The maximum atomic E-state index is 11.6. The SMILES string of the molecule is CCC(C)C(NCc1cccc(-c2nnc(-c3cccc(-c4ccccc4)c3C)o2)c1)C(=O)O. The summed E-state index contributed by atoms with van der Waals surface area (Å²) in [5.41, 5.74) is 5.99. The molecule has 1 aromatic heterocycles. The van der Waals surface area contributed by atoms with E-state index >= 15 is 0 Å². The fraction of sp³-hybridized carbons (Fsp3) is 0.250. The quantitative estimate of drug-likeness (QED) is 0.323. The molecule has 2 N–H and O–H groups in total. The van der Waals surface area contributed by atoms with Gasteiger partial charge in [-0.05, 0) is 53.3 Å². The Labute approximate surface area is 199 Å². The number of aliphatic carboxylic acids is 1. The molecule has 0 radical (unpaired) electrons. The van der Waals surface area contributed by atoms with Crippen LogP contribution in [-0.4, -0.2) is 27.3 Å². The zero-order valence-corrected chi connectivity index (χ0v) is 19.7. The van der Waals surface area contributed by atoms with Crippen molar-refractivity contribution in [1.29, 1.82) is 0 Å². The summed E-state index contributed by atoms with van der Waals surface area (Å²) in [6, 6.07) is 23.4. The highest BCUT2D eigenvalue weighted by Crippen LogP contribution is 2.32. The summed E-state index contributed by atoms with van der Waals surface area (Å²) >= 11 is 0. The van der Waals surface area contributed by atoms with Crippen LogP contribution in [0.5, 0.6) is 0 Å². The second kappa shape index (κ2) is 10.4. The number of nitrogens with one attached hydrogen (secondary N) is 1. The number of carboxylic acid groups (broad SMARTS) is 1. The zero-order valence-electron chi connectivity index (χ0n) is 19.7. The Morgan fingerprint density at radius 3 is 2.35 bits per heavy atom. The van der Waals surface area contributed by atoms with Crippen LogP contribution in [0.2, 0.25) is 0 Å². The standard InChI is InChI=1S/C28H29N3O3/c1-4-18(2)25(28(32)33)29-17-20-10-8-13-22(16-20)26-30-31-27(34-26)24-15-9-14-23(19(24)3)21-11-6-5-7-12-21/h5-16,18,25,29H,4,17H2,1-3H3,(H,32,33). The van der Waals surface area contributed by atoms with Gasteiger partial charge in [-0.3, -0.25) is 4.79 Å². The Kier molecular flexibility index (Phi) is 7.18. The molecule has 2 unspecified atom stereocenters. The van der Waals surface area contributed by atoms with Gasteiger partial charge in [0, 0.05) is 17.7 Å². The molecule has 0 bridgehead atoms. The van der Waals surface area contributed by atoms with Crippen LogP contribution < -0.4 is 5.32 Å². The van der Waals surface area contributed by atoms with Crippen molar-refractivity contribution >= 4 is 5.97 Å². The van der Waals surface area contributed by atoms with Crippen molar-refractivity contribution in [3.8, 4) is 34.0 Å². The van der Waals surface area contributed by atoms with E-state index in [9.17, 15) is 9.90 Å². The first-order valence-corrected chi connectivity index (χ1v) is 11.5. The molecule has 3 aromatic carbocycles. The molecule has 0 fully saturated rings. The van der Waals surface area contributed by atoms with E-state index in [0.29, 0.717) is 18.3 Å². The van der Waals surface area contributed by atoms with Crippen molar-refractivity contribution in [2.45, 2.75) is 39.8 Å². The van der Waals surface area contributed by atoms with Crippen molar-refractivity contribution in [3.05, 3.63) is 83.9 Å². The van der Waals surface area contributed by atoms with E-state index in [2.05, 4.69) is 40.6 Å². The molecule has 0 aliphatic rings. The molecule has 0 amide bonds. The minimum Gasteiger partial charge on any atom is -0.480 e. The van der Waals surface area contributed by atoms with Gasteiger partial charge < -0.3 is 14.8 Å². The number of benzene rings is 3. The van der Waals surface area contributed by atoms with E-state index in [1.165, 1.54) is 0 Å². The smallest absolute Gasteiger partial charge is 0.320 e. The van der Waals surface area contributed by atoms with Gasteiger partial charge >= 0.3 is 5.97 Å². The Balaban J connectivity index is 1.56. The highest BCUT2D eigenvalue weighted by atomic mass is 16.4. The first-order chi connectivity index (χ1) is 16.5. The Bertz CT molecular complexity index is 1270. The molecule has 0 aliphatic heterocycles. The number of hydrogen-bond donors (Lipinski definition) is 2. The number of nitrogens with zero attached hydrogens (tertiary/aromatic N) is 2. The van der Waals surface area contributed by atoms with Crippen LogP contribution in [0.15, 0.2) is 77.2 Å². The van der Waals surface area contributed by atoms with Crippen LogP contribution in [-0.2, 0) is 11.3 Å². The third kappa shape index (κ3) is 5.07. The first kappa shape index (κ1) is 23.4. The van der Waals surface area contributed by atoms with Crippen LogP contribution >= 0.6 is 0 Å². The third-order valence-corrected chi connectivity index (χ3v) is 6.25. The number of carboxylic acids is 1. The van der Waals surface area contributed by atoms with E-state index in [-0.39, 0.29) is 5.92 Å². The lowest BCUT2D eigenvalue weighted by molar-refractivity contribution is -0.140. The highest BCUT2D eigenvalue weighted by molar-refractivity contribution is 5.75. The Hall–Kier alpha value is -3.77. The van der Waals surface area contributed by atoms with Crippen molar-refractivity contribution in [1.82, 2.24) is 15.5 Å². The number of carbonyl (C=O) groups is 1. The lowest BCUT2D eigenvalue weighted by Crippen LogP contribution is -2.41. The van der Waals surface area contributed by atoms with Crippen LogP contribution in [0.1, 0.15) is 31.4 Å². The van der Waals surface area contributed by atoms with Crippen LogP contribution in [0.4, 0.5) is 0 Å². The van der Waals surface area contributed by atoms with Gasteiger partial charge in [0.2, 0.25) is 11.8 Å². The van der Waals surface area contributed by atoms with Gasteiger partial charge in [0.1, 0.15) is 6.04 Å². The molecule has 4 aromatic rings. The summed E-state index contributed by atoms with van der Waals surface area (Å²) < 4.78 is 6.07. The van der Waals surface area contributed by atoms with E-state index in [0.717, 1.165) is 39.8 Å². The molecular formula is C28H29N3O3. The van der Waals surface area contributed by atoms with Crippen LogP contribution in [0.3, 0.4) is 0 Å². The molecule has 0 saturated heterocycles. The molecular weight excluding hydrogens is 426 g/mol. The molecule has 1 heterocycles. The van der Waals surface area contributed by atoms with Gasteiger partial charge in [0.15, 0.2) is 0 Å². The lowest BCUT2D eigenvalue weighted by atomic mass is 9.96. The monoisotopic (exact) mass is 455 g/mol. The first-order valence-electron chi connectivity index (χ1n) is 11.5. The fourth-order valence-electron chi connectivity index (χ4n) is 4.06. The molecule has 34 heavy (non-hydrogen) atoms.